The second-order valence-corrected chi connectivity index (χ2v) is 4.84. The zero-order chi connectivity index (χ0) is 13.0. The van der Waals surface area contributed by atoms with Crippen LogP contribution in [-0.4, -0.2) is 25.2 Å². The summed E-state index contributed by atoms with van der Waals surface area (Å²) < 4.78 is 5.36. The van der Waals surface area contributed by atoms with Crippen LogP contribution >= 0.6 is 0 Å². The van der Waals surface area contributed by atoms with E-state index in [-0.39, 0.29) is 0 Å². The normalized spacial score (nSPS) is 18.5. The molecule has 1 aromatic rings. The molecule has 0 aliphatic carbocycles. The van der Waals surface area contributed by atoms with Gasteiger partial charge in [0.15, 0.2) is 0 Å². The van der Waals surface area contributed by atoms with Crippen LogP contribution in [0, 0.1) is 0 Å². The van der Waals surface area contributed by atoms with Gasteiger partial charge in [0.05, 0.1) is 6.04 Å². The van der Waals surface area contributed by atoms with E-state index in [1.807, 2.05) is 12.1 Å². The quantitative estimate of drug-likeness (QED) is 0.832. The molecule has 2 rings (SSSR count). The Bertz CT molecular complexity index is 397. The van der Waals surface area contributed by atoms with E-state index in [1.165, 1.54) is 5.56 Å². The first-order valence-electron chi connectivity index (χ1n) is 6.38. The van der Waals surface area contributed by atoms with Gasteiger partial charge in [-0.05, 0) is 36.3 Å². The van der Waals surface area contributed by atoms with Gasteiger partial charge in [0.25, 0.3) is 0 Å². The number of rotatable bonds is 4. The van der Waals surface area contributed by atoms with Gasteiger partial charge >= 0.3 is 0 Å². The first-order chi connectivity index (χ1) is 8.66. The molecule has 0 unspecified atom stereocenters. The third-order valence-corrected chi connectivity index (χ3v) is 3.49. The molecule has 1 aliphatic rings. The van der Waals surface area contributed by atoms with Crippen molar-refractivity contribution >= 4 is 5.91 Å². The number of hydrogen-bond donors (Lipinski definition) is 2. The van der Waals surface area contributed by atoms with E-state index >= 15 is 0 Å². The standard InChI is InChI=1S/C14H20N2O2/c15-13(14(16)17)9-10-1-3-11(4-2-10)12-5-7-18-8-6-12/h1-4,12-13H,5-9,15H2,(H2,16,17)/t13-/m0/s1. The minimum atomic E-state index is -0.598. The molecule has 0 aromatic heterocycles. The third kappa shape index (κ3) is 3.31. The van der Waals surface area contributed by atoms with Gasteiger partial charge in [0.1, 0.15) is 0 Å². The molecule has 4 heteroatoms. The molecule has 0 radical (unpaired) electrons. The maximum Gasteiger partial charge on any atom is 0.234 e. The average molecular weight is 248 g/mol. The van der Waals surface area contributed by atoms with Crippen LogP contribution < -0.4 is 11.5 Å². The summed E-state index contributed by atoms with van der Waals surface area (Å²) in [5, 5.41) is 0. The van der Waals surface area contributed by atoms with Crippen LogP contribution in [0.4, 0.5) is 0 Å². The maximum atomic E-state index is 10.9. The Kier molecular flexibility index (Phi) is 4.33. The number of carbonyl (C=O) groups excluding carboxylic acids is 1. The second-order valence-electron chi connectivity index (χ2n) is 4.84. The Morgan fingerprint density at radius 1 is 1.28 bits per heavy atom. The molecule has 1 atom stereocenters. The smallest absolute Gasteiger partial charge is 0.234 e. The largest absolute Gasteiger partial charge is 0.381 e. The van der Waals surface area contributed by atoms with Crippen molar-refractivity contribution in [2.24, 2.45) is 11.5 Å². The highest BCUT2D eigenvalue weighted by Gasteiger charge is 2.16. The van der Waals surface area contributed by atoms with Crippen LogP contribution in [0.1, 0.15) is 29.9 Å². The molecule has 1 heterocycles. The molecular weight excluding hydrogens is 228 g/mol. The predicted octanol–water partition coefficient (Wildman–Crippen LogP) is 0.936. The summed E-state index contributed by atoms with van der Waals surface area (Å²) in [6.07, 6.45) is 2.67. The zero-order valence-electron chi connectivity index (χ0n) is 10.5. The molecule has 1 saturated heterocycles. The minimum Gasteiger partial charge on any atom is -0.381 e. The number of ether oxygens (including phenoxy) is 1. The molecule has 1 aliphatic heterocycles. The van der Waals surface area contributed by atoms with Crippen LogP contribution in [0.25, 0.3) is 0 Å². The molecule has 0 bridgehead atoms. The van der Waals surface area contributed by atoms with Gasteiger partial charge < -0.3 is 16.2 Å². The number of hydrogen-bond acceptors (Lipinski definition) is 3. The Balaban J connectivity index is 1.98. The van der Waals surface area contributed by atoms with E-state index in [9.17, 15) is 4.79 Å². The maximum absolute atomic E-state index is 10.9. The summed E-state index contributed by atoms with van der Waals surface area (Å²) in [7, 11) is 0. The van der Waals surface area contributed by atoms with Crippen LogP contribution in [0.5, 0.6) is 0 Å². The van der Waals surface area contributed by atoms with Crippen LogP contribution in [0.2, 0.25) is 0 Å². The average Bonchev–Trinajstić information content (AvgIpc) is 2.40. The molecule has 1 aromatic carbocycles. The molecular formula is C14H20N2O2. The topological polar surface area (TPSA) is 78.3 Å². The van der Waals surface area contributed by atoms with E-state index in [4.69, 9.17) is 16.2 Å². The van der Waals surface area contributed by atoms with E-state index in [0.717, 1.165) is 31.6 Å². The number of benzene rings is 1. The Hall–Kier alpha value is -1.39. The first kappa shape index (κ1) is 13.1. The summed E-state index contributed by atoms with van der Waals surface area (Å²) >= 11 is 0. The summed E-state index contributed by atoms with van der Waals surface area (Å²) in [6.45, 7) is 1.69. The van der Waals surface area contributed by atoms with Crippen molar-refractivity contribution in [1.29, 1.82) is 0 Å². The van der Waals surface area contributed by atoms with Crippen LogP contribution in [0.3, 0.4) is 0 Å². The van der Waals surface area contributed by atoms with Gasteiger partial charge in [0.2, 0.25) is 5.91 Å². The van der Waals surface area contributed by atoms with Gasteiger partial charge in [0, 0.05) is 13.2 Å². The lowest BCUT2D eigenvalue weighted by Gasteiger charge is -2.22. The lowest BCUT2D eigenvalue weighted by molar-refractivity contribution is -0.119. The van der Waals surface area contributed by atoms with Gasteiger partial charge in [-0.3, -0.25) is 4.79 Å². The fourth-order valence-corrected chi connectivity index (χ4v) is 2.31. The molecule has 1 fully saturated rings. The van der Waals surface area contributed by atoms with Crippen LogP contribution in [0.15, 0.2) is 24.3 Å². The number of primary amides is 1. The van der Waals surface area contributed by atoms with Crippen molar-refractivity contribution < 1.29 is 9.53 Å². The molecule has 98 valence electrons. The fraction of sp³-hybridized carbons (Fsp3) is 0.500. The lowest BCUT2D eigenvalue weighted by Crippen LogP contribution is -2.38. The van der Waals surface area contributed by atoms with E-state index < -0.39 is 11.9 Å². The SMILES string of the molecule is NC(=O)[C@@H](N)Cc1ccc(C2CCOCC2)cc1. The molecule has 1 amide bonds. The van der Waals surface area contributed by atoms with Gasteiger partial charge in [-0.25, -0.2) is 0 Å². The Morgan fingerprint density at radius 2 is 1.89 bits per heavy atom. The number of carbonyl (C=O) groups is 1. The second kappa shape index (κ2) is 5.98. The summed E-state index contributed by atoms with van der Waals surface area (Å²) in [5.74, 6) is 0.140. The number of amides is 1. The highest BCUT2D eigenvalue weighted by atomic mass is 16.5. The monoisotopic (exact) mass is 248 g/mol. The predicted molar refractivity (Wildman–Crippen MR) is 70.1 cm³/mol. The van der Waals surface area contributed by atoms with Crippen molar-refractivity contribution in [2.75, 3.05) is 13.2 Å². The Morgan fingerprint density at radius 3 is 2.44 bits per heavy atom. The van der Waals surface area contributed by atoms with Gasteiger partial charge in [-0.2, -0.15) is 0 Å². The van der Waals surface area contributed by atoms with Gasteiger partial charge in [-0.15, -0.1) is 0 Å². The zero-order valence-corrected chi connectivity index (χ0v) is 10.5. The van der Waals surface area contributed by atoms with Crippen molar-refractivity contribution in [1.82, 2.24) is 0 Å². The van der Waals surface area contributed by atoms with Crippen molar-refractivity contribution in [3.8, 4) is 0 Å². The van der Waals surface area contributed by atoms with Crippen molar-refractivity contribution in [2.45, 2.75) is 31.2 Å². The van der Waals surface area contributed by atoms with Crippen molar-refractivity contribution in [3.63, 3.8) is 0 Å². The number of nitrogens with two attached hydrogens (primary N) is 2. The summed E-state index contributed by atoms with van der Waals surface area (Å²) in [5.41, 5.74) is 13.2. The lowest BCUT2D eigenvalue weighted by atomic mass is 9.90. The van der Waals surface area contributed by atoms with Crippen LogP contribution in [-0.2, 0) is 16.0 Å². The first-order valence-corrected chi connectivity index (χ1v) is 6.38. The van der Waals surface area contributed by atoms with Crippen molar-refractivity contribution in [3.05, 3.63) is 35.4 Å². The highest BCUT2D eigenvalue weighted by molar-refractivity contribution is 5.79. The molecule has 4 nitrogen and oxygen atoms in total. The Labute approximate surface area is 107 Å². The van der Waals surface area contributed by atoms with E-state index in [1.54, 1.807) is 0 Å². The molecule has 0 spiro atoms. The van der Waals surface area contributed by atoms with E-state index in [2.05, 4.69) is 12.1 Å². The van der Waals surface area contributed by atoms with E-state index in [0.29, 0.717) is 12.3 Å². The fourth-order valence-electron chi connectivity index (χ4n) is 2.31. The molecule has 0 saturated carbocycles. The van der Waals surface area contributed by atoms with Gasteiger partial charge in [-0.1, -0.05) is 24.3 Å². The summed E-state index contributed by atoms with van der Waals surface area (Å²) in [4.78, 5) is 10.9. The molecule has 18 heavy (non-hydrogen) atoms. The minimum absolute atomic E-state index is 0.455. The third-order valence-electron chi connectivity index (χ3n) is 3.49. The summed E-state index contributed by atoms with van der Waals surface area (Å²) in [6, 6.07) is 7.72. The molecule has 4 N–H and O–H groups in total. The highest BCUT2D eigenvalue weighted by Crippen LogP contribution is 2.26.